The fourth-order valence-electron chi connectivity index (χ4n) is 2.42. The zero-order chi connectivity index (χ0) is 18.6. The second kappa shape index (κ2) is 7.57. The Morgan fingerprint density at radius 2 is 1.84 bits per heavy atom. The van der Waals surface area contributed by atoms with Gasteiger partial charge in [-0.3, -0.25) is 9.10 Å². The summed E-state index contributed by atoms with van der Waals surface area (Å²) in [6.45, 7) is 1.86. The van der Waals surface area contributed by atoms with Crippen molar-refractivity contribution in [2.75, 3.05) is 24.7 Å². The Bertz CT molecular complexity index is 865. The third kappa shape index (κ3) is 4.51. The molecule has 0 heterocycles. The Balaban J connectivity index is 2.21. The molecule has 0 bridgehead atoms. The summed E-state index contributed by atoms with van der Waals surface area (Å²) in [4.78, 5) is 12.5. The Morgan fingerprint density at radius 1 is 1.16 bits per heavy atom. The van der Waals surface area contributed by atoms with Gasteiger partial charge in [-0.1, -0.05) is 24.3 Å². The van der Waals surface area contributed by atoms with Gasteiger partial charge in [-0.2, -0.15) is 0 Å². The lowest BCUT2D eigenvalue weighted by Gasteiger charge is -2.19. The molecule has 2 rings (SSSR count). The summed E-state index contributed by atoms with van der Waals surface area (Å²) in [5.74, 6) is 0.406. The Kier molecular flexibility index (Phi) is 5.69. The quantitative estimate of drug-likeness (QED) is 0.857. The van der Waals surface area contributed by atoms with Gasteiger partial charge in [-0.05, 0) is 31.2 Å². The first-order valence-corrected chi connectivity index (χ1v) is 9.56. The Morgan fingerprint density at radius 3 is 2.48 bits per heavy atom. The van der Waals surface area contributed by atoms with Gasteiger partial charge < -0.3 is 10.1 Å². The van der Waals surface area contributed by atoms with Crippen molar-refractivity contribution in [2.45, 2.75) is 13.0 Å². The van der Waals surface area contributed by atoms with Crippen LogP contribution in [0.15, 0.2) is 48.5 Å². The van der Waals surface area contributed by atoms with E-state index in [1.54, 1.807) is 31.4 Å². The molecule has 0 spiro atoms. The molecule has 0 saturated heterocycles. The number of carbonyl (C=O) groups is 1. The number of hydrogen-bond acceptors (Lipinski definition) is 4. The van der Waals surface area contributed by atoms with Gasteiger partial charge in [0.15, 0.2) is 0 Å². The van der Waals surface area contributed by atoms with E-state index in [1.165, 1.54) is 7.05 Å². The van der Waals surface area contributed by atoms with E-state index in [9.17, 15) is 13.2 Å². The summed E-state index contributed by atoms with van der Waals surface area (Å²) in [6.07, 6.45) is 1.11. The number of nitrogens with zero attached hydrogens (tertiary/aromatic N) is 1. The number of sulfonamides is 1. The van der Waals surface area contributed by atoms with Crippen molar-refractivity contribution < 1.29 is 17.9 Å². The third-order valence-corrected chi connectivity index (χ3v) is 5.13. The van der Waals surface area contributed by atoms with Gasteiger partial charge in [0.1, 0.15) is 5.75 Å². The molecule has 0 aliphatic heterocycles. The minimum Gasteiger partial charge on any atom is -0.496 e. The first kappa shape index (κ1) is 18.8. The molecule has 0 aliphatic rings. The molecule has 25 heavy (non-hydrogen) atoms. The zero-order valence-electron chi connectivity index (χ0n) is 14.7. The predicted octanol–water partition coefficient (Wildman–Crippen LogP) is 2.58. The molecule has 0 fully saturated rings. The van der Waals surface area contributed by atoms with Crippen molar-refractivity contribution in [2.24, 2.45) is 0 Å². The van der Waals surface area contributed by atoms with E-state index in [0.717, 1.165) is 16.1 Å². The number of nitrogens with one attached hydrogen (secondary N) is 1. The van der Waals surface area contributed by atoms with Crippen LogP contribution in [0.25, 0.3) is 0 Å². The van der Waals surface area contributed by atoms with E-state index < -0.39 is 10.0 Å². The highest BCUT2D eigenvalue weighted by Crippen LogP contribution is 2.25. The molecule has 134 valence electrons. The Labute approximate surface area is 148 Å². The molecule has 1 atom stereocenters. The van der Waals surface area contributed by atoms with Crippen LogP contribution >= 0.6 is 0 Å². The summed E-state index contributed by atoms with van der Waals surface area (Å²) in [7, 11) is -0.359. The SMILES string of the molecule is COc1ccccc1C(C)NC(=O)c1cccc(N(C)S(C)(=O)=O)c1. The highest BCUT2D eigenvalue weighted by Gasteiger charge is 2.17. The topological polar surface area (TPSA) is 75.7 Å². The molecular formula is C18H22N2O4S. The lowest BCUT2D eigenvalue weighted by atomic mass is 10.1. The van der Waals surface area contributed by atoms with E-state index in [2.05, 4.69) is 5.32 Å². The van der Waals surface area contributed by atoms with Gasteiger partial charge >= 0.3 is 0 Å². The summed E-state index contributed by atoms with van der Waals surface area (Å²) in [5, 5.41) is 2.91. The average Bonchev–Trinajstić information content (AvgIpc) is 2.60. The van der Waals surface area contributed by atoms with Crippen LogP contribution in [0.3, 0.4) is 0 Å². The number of rotatable bonds is 6. The molecule has 0 saturated carbocycles. The molecular weight excluding hydrogens is 340 g/mol. The molecule has 6 nitrogen and oxygen atoms in total. The first-order valence-electron chi connectivity index (χ1n) is 7.71. The van der Waals surface area contributed by atoms with Gasteiger partial charge in [-0.25, -0.2) is 8.42 Å². The normalized spacial score (nSPS) is 12.3. The molecule has 1 amide bonds. The molecule has 0 aliphatic carbocycles. The van der Waals surface area contributed by atoms with Gasteiger partial charge in [0.25, 0.3) is 5.91 Å². The fraction of sp³-hybridized carbons (Fsp3) is 0.278. The highest BCUT2D eigenvalue weighted by atomic mass is 32.2. The Hall–Kier alpha value is -2.54. The fourth-order valence-corrected chi connectivity index (χ4v) is 2.91. The largest absolute Gasteiger partial charge is 0.496 e. The standard InChI is InChI=1S/C18H22N2O4S/c1-13(16-10-5-6-11-17(16)24-3)19-18(21)14-8-7-9-15(12-14)20(2)25(4,22)23/h5-13H,1-4H3,(H,19,21). The molecule has 2 aromatic carbocycles. The first-order chi connectivity index (χ1) is 11.7. The van der Waals surface area contributed by atoms with Crippen molar-refractivity contribution in [1.29, 1.82) is 0 Å². The number of ether oxygens (including phenoxy) is 1. The molecule has 0 radical (unpaired) electrons. The number of carbonyl (C=O) groups excluding carboxylic acids is 1. The van der Waals surface area contributed by atoms with Crippen LogP contribution in [0.2, 0.25) is 0 Å². The average molecular weight is 362 g/mol. The number of anilines is 1. The lowest BCUT2D eigenvalue weighted by Crippen LogP contribution is -2.28. The molecule has 0 aromatic heterocycles. The maximum absolute atomic E-state index is 12.5. The maximum Gasteiger partial charge on any atom is 0.251 e. The van der Waals surface area contributed by atoms with Gasteiger partial charge in [0.05, 0.1) is 25.1 Å². The van der Waals surface area contributed by atoms with Crippen LogP contribution < -0.4 is 14.4 Å². The third-order valence-electron chi connectivity index (χ3n) is 3.92. The van der Waals surface area contributed by atoms with Gasteiger partial charge in [0.2, 0.25) is 10.0 Å². The molecule has 2 aromatic rings. The number of para-hydroxylation sites is 1. The van der Waals surface area contributed by atoms with Crippen molar-refractivity contribution in [1.82, 2.24) is 5.32 Å². The monoisotopic (exact) mass is 362 g/mol. The number of amides is 1. The van der Waals surface area contributed by atoms with Crippen molar-refractivity contribution in [3.8, 4) is 5.75 Å². The van der Waals surface area contributed by atoms with Crippen molar-refractivity contribution in [3.05, 3.63) is 59.7 Å². The lowest BCUT2D eigenvalue weighted by molar-refractivity contribution is 0.0939. The van der Waals surface area contributed by atoms with E-state index in [-0.39, 0.29) is 11.9 Å². The summed E-state index contributed by atoms with van der Waals surface area (Å²) in [5.41, 5.74) is 1.68. The summed E-state index contributed by atoms with van der Waals surface area (Å²) in [6, 6.07) is 13.7. The molecule has 7 heteroatoms. The smallest absolute Gasteiger partial charge is 0.251 e. The van der Waals surface area contributed by atoms with Crippen LogP contribution in [0.5, 0.6) is 5.75 Å². The predicted molar refractivity (Wildman–Crippen MR) is 98.6 cm³/mol. The van der Waals surface area contributed by atoms with Gasteiger partial charge in [0, 0.05) is 18.2 Å². The number of methoxy groups -OCH3 is 1. The number of benzene rings is 2. The van der Waals surface area contributed by atoms with Crippen LogP contribution in [-0.4, -0.2) is 34.7 Å². The minimum atomic E-state index is -3.39. The van der Waals surface area contributed by atoms with E-state index in [0.29, 0.717) is 17.0 Å². The van der Waals surface area contributed by atoms with Crippen molar-refractivity contribution >= 4 is 21.6 Å². The zero-order valence-corrected chi connectivity index (χ0v) is 15.5. The number of hydrogen-bond donors (Lipinski definition) is 1. The van der Waals surface area contributed by atoms with Crippen LogP contribution in [0.1, 0.15) is 28.9 Å². The minimum absolute atomic E-state index is 0.264. The second-order valence-corrected chi connectivity index (χ2v) is 7.73. The van der Waals surface area contributed by atoms with E-state index in [1.807, 2.05) is 31.2 Å². The van der Waals surface area contributed by atoms with E-state index in [4.69, 9.17) is 4.74 Å². The van der Waals surface area contributed by atoms with Crippen LogP contribution in [0, 0.1) is 0 Å². The van der Waals surface area contributed by atoms with Crippen LogP contribution in [-0.2, 0) is 10.0 Å². The highest BCUT2D eigenvalue weighted by molar-refractivity contribution is 7.92. The van der Waals surface area contributed by atoms with E-state index >= 15 is 0 Å². The second-order valence-electron chi connectivity index (χ2n) is 5.72. The maximum atomic E-state index is 12.5. The summed E-state index contributed by atoms with van der Waals surface area (Å²) < 4.78 is 29.8. The van der Waals surface area contributed by atoms with Gasteiger partial charge in [-0.15, -0.1) is 0 Å². The molecule has 1 N–H and O–H groups in total. The van der Waals surface area contributed by atoms with Crippen LogP contribution in [0.4, 0.5) is 5.69 Å². The molecule has 1 unspecified atom stereocenters. The summed E-state index contributed by atoms with van der Waals surface area (Å²) >= 11 is 0. The van der Waals surface area contributed by atoms with Crippen molar-refractivity contribution in [3.63, 3.8) is 0 Å².